The molecule has 0 saturated heterocycles. The van der Waals surface area contributed by atoms with Gasteiger partial charge < -0.3 is 15.5 Å². The lowest BCUT2D eigenvalue weighted by molar-refractivity contribution is -0.862. The number of carbonyl (C=O) groups is 2. The Balaban J connectivity index is 1.97. The van der Waals surface area contributed by atoms with Crippen LogP contribution in [-0.2, 0) is 9.59 Å². The number of rotatable bonds is 8. The summed E-state index contributed by atoms with van der Waals surface area (Å²) in [6, 6.07) is 13.9. The predicted molar refractivity (Wildman–Crippen MR) is 101 cm³/mol. The van der Waals surface area contributed by atoms with E-state index in [1.807, 2.05) is 68.7 Å². The van der Waals surface area contributed by atoms with E-state index in [1.165, 1.54) is 0 Å². The summed E-state index contributed by atoms with van der Waals surface area (Å²) in [7, 11) is 1.85. The minimum Gasteiger partial charge on any atom is -0.349 e. The van der Waals surface area contributed by atoms with Gasteiger partial charge in [0.2, 0.25) is 0 Å². The fraction of sp³-hybridized carbons (Fsp3) is 0.368. The normalized spacial score (nSPS) is 13.3. The van der Waals surface area contributed by atoms with Crippen molar-refractivity contribution in [3.63, 3.8) is 0 Å². The molecule has 0 radical (unpaired) electrons. The van der Waals surface area contributed by atoms with E-state index < -0.39 is 0 Å². The molecule has 6 heteroatoms. The van der Waals surface area contributed by atoms with Crippen LogP contribution in [0.1, 0.15) is 30.3 Å². The highest BCUT2D eigenvalue weighted by molar-refractivity contribution is 7.10. The molecule has 1 unspecified atom stereocenters. The van der Waals surface area contributed by atoms with Crippen LogP contribution in [0.2, 0.25) is 0 Å². The lowest BCUT2D eigenvalue weighted by Crippen LogP contribution is -3.11. The van der Waals surface area contributed by atoms with Gasteiger partial charge >= 0.3 is 0 Å². The van der Waals surface area contributed by atoms with Crippen LogP contribution in [0, 0.1) is 0 Å². The molecule has 0 aliphatic heterocycles. The molecular formula is C19H26N3O2S+. The van der Waals surface area contributed by atoms with Gasteiger partial charge in [-0.1, -0.05) is 36.4 Å². The van der Waals surface area contributed by atoms with Crippen molar-refractivity contribution in [1.29, 1.82) is 0 Å². The van der Waals surface area contributed by atoms with E-state index >= 15 is 0 Å². The first kappa shape index (κ1) is 19.1. The average Bonchev–Trinajstić information content (AvgIpc) is 3.06. The van der Waals surface area contributed by atoms with Crippen molar-refractivity contribution in [3.05, 3.63) is 58.3 Å². The summed E-state index contributed by atoms with van der Waals surface area (Å²) in [4.78, 5) is 26.2. The summed E-state index contributed by atoms with van der Waals surface area (Å²) >= 11 is 1.62. The topological polar surface area (TPSA) is 62.6 Å². The molecule has 0 aliphatic carbocycles. The fourth-order valence-corrected chi connectivity index (χ4v) is 3.42. The number of quaternary nitrogens is 1. The molecule has 2 rings (SSSR count). The molecule has 0 bridgehead atoms. The summed E-state index contributed by atoms with van der Waals surface area (Å²) in [6.07, 6.45) is 0. The number of amides is 2. The molecule has 1 aromatic carbocycles. The quantitative estimate of drug-likeness (QED) is 0.658. The molecule has 2 atom stereocenters. The Morgan fingerprint density at radius 3 is 2.20 bits per heavy atom. The third-order valence-electron chi connectivity index (χ3n) is 3.64. The van der Waals surface area contributed by atoms with Gasteiger partial charge in [0.1, 0.15) is 0 Å². The molecule has 0 saturated carbocycles. The Morgan fingerprint density at radius 1 is 1.00 bits per heavy atom. The van der Waals surface area contributed by atoms with Gasteiger partial charge in [0.25, 0.3) is 11.8 Å². The molecule has 1 aromatic heterocycles. The van der Waals surface area contributed by atoms with E-state index in [9.17, 15) is 9.59 Å². The van der Waals surface area contributed by atoms with E-state index in [0.717, 1.165) is 15.3 Å². The summed E-state index contributed by atoms with van der Waals surface area (Å²) in [5.41, 5.74) is 1.05. The van der Waals surface area contributed by atoms with Gasteiger partial charge in [-0.05, 0) is 30.9 Å². The second kappa shape index (κ2) is 9.34. The smallest absolute Gasteiger partial charge is 0.275 e. The third-order valence-corrected chi connectivity index (χ3v) is 4.58. The van der Waals surface area contributed by atoms with Crippen LogP contribution < -0.4 is 15.5 Å². The highest BCUT2D eigenvalue weighted by Crippen LogP contribution is 2.25. The zero-order chi connectivity index (χ0) is 18.2. The van der Waals surface area contributed by atoms with E-state index in [1.54, 1.807) is 11.3 Å². The minimum absolute atomic E-state index is 0.0434. The number of carbonyl (C=O) groups excluding carboxylic acids is 2. The van der Waals surface area contributed by atoms with Gasteiger partial charge in [0.15, 0.2) is 13.1 Å². The van der Waals surface area contributed by atoms with E-state index in [0.29, 0.717) is 0 Å². The zero-order valence-electron chi connectivity index (χ0n) is 14.9. The Kier molecular flexibility index (Phi) is 7.16. The van der Waals surface area contributed by atoms with Crippen molar-refractivity contribution in [1.82, 2.24) is 10.6 Å². The van der Waals surface area contributed by atoms with Crippen LogP contribution in [0.5, 0.6) is 0 Å². The van der Waals surface area contributed by atoms with E-state index in [4.69, 9.17) is 0 Å². The first-order chi connectivity index (χ1) is 12.0. The molecular weight excluding hydrogens is 334 g/mol. The molecule has 2 amide bonds. The Bertz CT molecular complexity index is 671. The maximum atomic E-state index is 12.5. The highest BCUT2D eigenvalue weighted by atomic mass is 32.1. The van der Waals surface area contributed by atoms with Gasteiger partial charge in [-0.15, -0.1) is 11.3 Å². The number of benzene rings is 1. The average molecular weight is 361 g/mol. The number of nitrogens with one attached hydrogen (secondary N) is 3. The van der Waals surface area contributed by atoms with Gasteiger partial charge in [-0.2, -0.15) is 0 Å². The lowest BCUT2D eigenvalue weighted by Gasteiger charge is -2.20. The molecule has 2 aromatic rings. The molecule has 0 fully saturated rings. The molecule has 3 N–H and O–H groups in total. The van der Waals surface area contributed by atoms with Crippen molar-refractivity contribution >= 4 is 23.2 Å². The molecule has 25 heavy (non-hydrogen) atoms. The summed E-state index contributed by atoms with van der Waals surface area (Å²) in [5, 5.41) is 7.95. The maximum Gasteiger partial charge on any atom is 0.275 e. The Labute approximate surface area is 153 Å². The zero-order valence-corrected chi connectivity index (χ0v) is 15.7. The monoisotopic (exact) mass is 360 g/mol. The number of hydrogen-bond acceptors (Lipinski definition) is 3. The molecule has 134 valence electrons. The first-order valence-corrected chi connectivity index (χ1v) is 9.32. The minimum atomic E-state index is -0.161. The van der Waals surface area contributed by atoms with Crippen LogP contribution in [0.15, 0.2) is 47.8 Å². The number of thiophene rings is 1. The third kappa shape index (κ3) is 6.32. The maximum absolute atomic E-state index is 12.5. The van der Waals surface area contributed by atoms with Crippen LogP contribution in [-0.4, -0.2) is 38.0 Å². The van der Waals surface area contributed by atoms with Crippen molar-refractivity contribution in [2.75, 3.05) is 20.1 Å². The second-order valence-corrected chi connectivity index (χ2v) is 7.44. The summed E-state index contributed by atoms with van der Waals surface area (Å²) < 4.78 is 0. The molecule has 0 aliphatic rings. The molecule has 5 nitrogen and oxygen atoms in total. The second-order valence-electron chi connectivity index (χ2n) is 6.46. The highest BCUT2D eigenvalue weighted by Gasteiger charge is 2.20. The molecule has 0 spiro atoms. The standard InChI is InChI=1S/C19H25N3O2S/c1-14(2)20-17(23)12-22(3)13-18(24)21-19(16-10-7-11-25-16)15-8-5-4-6-9-15/h4-11,14,19H,12-13H2,1-3H3,(H,20,23)(H,21,24)/p+1/t19-/m0/s1. The number of likely N-dealkylation sites (N-methyl/N-ethyl adjacent to an activating group) is 1. The Hall–Kier alpha value is -2.18. The number of hydrogen-bond donors (Lipinski definition) is 3. The van der Waals surface area contributed by atoms with Crippen molar-refractivity contribution in [3.8, 4) is 0 Å². The van der Waals surface area contributed by atoms with Crippen molar-refractivity contribution in [2.24, 2.45) is 0 Å². The van der Waals surface area contributed by atoms with Crippen LogP contribution >= 0.6 is 11.3 Å². The van der Waals surface area contributed by atoms with Gasteiger partial charge in [0.05, 0.1) is 13.1 Å². The van der Waals surface area contributed by atoms with E-state index in [2.05, 4.69) is 10.6 Å². The van der Waals surface area contributed by atoms with Gasteiger partial charge in [-0.3, -0.25) is 9.59 Å². The summed E-state index contributed by atoms with van der Waals surface area (Å²) in [5.74, 6) is -0.115. The Morgan fingerprint density at radius 2 is 1.64 bits per heavy atom. The largest absolute Gasteiger partial charge is 0.349 e. The fourth-order valence-electron chi connectivity index (χ4n) is 2.62. The van der Waals surface area contributed by atoms with Crippen LogP contribution in [0.4, 0.5) is 0 Å². The van der Waals surface area contributed by atoms with Gasteiger partial charge in [-0.25, -0.2) is 0 Å². The first-order valence-electron chi connectivity index (χ1n) is 8.44. The van der Waals surface area contributed by atoms with Crippen molar-refractivity contribution in [2.45, 2.75) is 25.9 Å². The lowest BCUT2D eigenvalue weighted by atomic mass is 10.1. The van der Waals surface area contributed by atoms with E-state index in [-0.39, 0.29) is 37.0 Å². The van der Waals surface area contributed by atoms with Crippen LogP contribution in [0.25, 0.3) is 0 Å². The molecule has 1 heterocycles. The van der Waals surface area contributed by atoms with Gasteiger partial charge in [0, 0.05) is 10.9 Å². The summed E-state index contributed by atoms with van der Waals surface area (Å²) in [6.45, 7) is 4.37. The van der Waals surface area contributed by atoms with Crippen LogP contribution in [0.3, 0.4) is 0 Å². The van der Waals surface area contributed by atoms with Crippen molar-refractivity contribution < 1.29 is 14.5 Å². The predicted octanol–water partition coefficient (Wildman–Crippen LogP) is 0.993. The SMILES string of the molecule is CC(C)NC(=O)C[NH+](C)CC(=O)N[C@@H](c1ccccc1)c1cccs1.